The predicted molar refractivity (Wildman–Crippen MR) is 84.7 cm³/mol. The van der Waals surface area contributed by atoms with E-state index < -0.39 is 22.7 Å². The van der Waals surface area contributed by atoms with E-state index in [9.17, 15) is 19.7 Å². The van der Waals surface area contributed by atoms with Crippen molar-refractivity contribution in [3.05, 3.63) is 39.2 Å². The van der Waals surface area contributed by atoms with Crippen LogP contribution in [0.1, 0.15) is 49.3 Å². The molecule has 1 aromatic heterocycles. The van der Waals surface area contributed by atoms with Gasteiger partial charge in [-0.1, -0.05) is 20.8 Å². The van der Waals surface area contributed by atoms with Gasteiger partial charge >= 0.3 is 0 Å². The summed E-state index contributed by atoms with van der Waals surface area (Å²) >= 11 is 0. The molecule has 2 amide bonds. The molecule has 0 saturated carbocycles. The van der Waals surface area contributed by atoms with Crippen LogP contribution in [0.15, 0.2) is 12.3 Å². The number of pyridine rings is 1. The number of amides is 2. The van der Waals surface area contributed by atoms with Crippen molar-refractivity contribution in [2.75, 3.05) is 6.54 Å². The molecule has 128 valence electrons. The first-order chi connectivity index (χ1) is 11.2. The molecule has 2 atom stereocenters. The number of nitro groups is 1. The summed E-state index contributed by atoms with van der Waals surface area (Å²) in [5, 5.41) is 14.0. The number of aromatic nitrogens is 1. The monoisotopic (exact) mass is 332 g/mol. The molecule has 8 heteroatoms. The molecule has 24 heavy (non-hydrogen) atoms. The van der Waals surface area contributed by atoms with Crippen LogP contribution in [-0.4, -0.2) is 38.7 Å². The van der Waals surface area contributed by atoms with Crippen LogP contribution < -0.4 is 5.32 Å². The molecule has 1 fully saturated rings. The molecular formula is C16H20N4O4. The maximum absolute atomic E-state index is 13.1. The largest absolute Gasteiger partial charge is 0.320 e. The number of hydrogen-bond acceptors (Lipinski definition) is 5. The summed E-state index contributed by atoms with van der Waals surface area (Å²) in [6.07, 6.45) is 2.30. The lowest BCUT2D eigenvalue weighted by atomic mass is 9.86. The molecule has 0 aromatic carbocycles. The normalized spacial score (nSPS) is 28.1. The highest BCUT2D eigenvalue weighted by Crippen LogP contribution is 2.48. The third kappa shape index (κ3) is 1.82. The predicted octanol–water partition coefficient (Wildman–Crippen LogP) is 1.07. The summed E-state index contributed by atoms with van der Waals surface area (Å²) in [6.45, 7) is 6.63. The lowest BCUT2D eigenvalue weighted by molar-refractivity contribution is -0.497. The van der Waals surface area contributed by atoms with Crippen molar-refractivity contribution in [1.29, 1.82) is 0 Å². The van der Waals surface area contributed by atoms with Gasteiger partial charge in [0.15, 0.2) is 0 Å². The van der Waals surface area contributed by atoms with Crippen LogP contribution in [0.3, 0.4) is 0 Å². The highest BCUT2D eigenvalue weighted by molar-refractivity contribution is 6.06. The van der Waals surface area contributed by atoms with Crippen LogP contribution in [0, 0.1) is 16.0 Å². The Bertz CT molecular complexity index is 762. The number of rotatable bonds is 4. The summed E-state index contributed by atoms with van der Waals surface area (Å²) in [7, 11) is 0. The van der Waals surface area contributed by atoms with Gasteiger partial charge in [-0.05, 0) is 30.9 Å². The molecule has 2 unspecified atom stereocenters. The van der Waals surface area contributed by atoms with E-state index in [4.69, 9.17) is 0 Å². The Morgan fingerprint density at radius 1 is 1.42 bits per heavy atom. The second kappa shape index (κ2) is 4.99. The number of carbonyl (C=O) groups is 2. The molecule has 0 bridgehead atoms. The topological polar surface area (TPSA) is 105 Å². The smallest absolute Gasteiger partial charge is 0.259 e. The van der Waals surface area contributed by atoms with Gasteiger partial charge in [-0.15, -0.1) is 0 Å². The average Bonchev–Trinajstić information content (AvgIpc) is 2.87. The van der Waals surface area contributed by atoms with Crippen molar-refractivity contribution in [2.24, 2.45) is 5.92 Å². The van der Waals surface area contributed by atoms with E-state index >= 15 is 0 Å². The standard InChI is InChI=1S/C16H20N4O4/c1-5-10-6-11-12(17-7-10)16(8-19(23)24)18-14(22)15(4,9(2)3)20(16)13(11)21/h6-7,9H,5,8H2,1-4H3,(H,18,22). The minimum atomic E-state index is -1.52. The number of fused-ring (bicyclic) bond motifs is 3. The fourth-order valence-corrected chi connectivity index (χ4v) is 3.62. The van der Waals surface area contributed by atoms with E-state index in [-0.39, 0.29) is 23.4 Å². The van der Waals surface area contributed by atoms with Crippen molar-refractivity contribution >= 4 is 11.8 Å². The molecule has 3 rings (SSSR count). The van der Waals surface area contributed by atoms with Crippen molar-refractivity contribution < 1.29 is 14.5 Å². The Morgan fingerprint density at radius 3 is 2.62 bits per heavy atom. The summed E-state index contributed by atoms with van der Waals surface area (Å²) in [6, 6.07) is 1.72. The van der Waals surface area contributed by atoms with Gasteiger partial charge in [0.1, 0.15) is 11.2 Å². The third-order valence-electron chi connectivity index (χ3n) is 5.29. The molecule has 8 nitrogen and oxygen atoms in total. The molecule has 1 N–H and O–H groups in total. The SMILES string of the molecule is CCc1cnc2c(c1)C(=O)N1C2(C[N+](=O)[O-])NC(=O)C1(C)C(C)C. The molecule has 0 spiro atoms. The number of nitrogens with one attached hydrogen (secondary N) is 1. The summed E-state index contributed by atoms with van der Waals surface area (Å²) in [5.74, 6) is -0.987. The van der Waals surface area contributed by atoms with Crippen LogP contribution in [0.2, 0.25) is 0 Å². The van der Waals surface area contributed by atoms with Crippen LogP contribution in [0.5, 0.6) is 0 Å². The van der Waals surface area contributed by atoms with Gasteiger partial charge in [0.2, 0.25) is 11.6 Å². The Balaban J connectivity index is 2.27. The summed E-state index contributed by atoms with van der Waals surface area (Å²) in [4.78, 5) is 42.2. The van der Waals surface area contributed by atoms with Crippen LogP contribution in [0.25, 0.3) is 0 Å². The molecular weight excluding hydrogens is 312 g/mol. The quantitative estimate of drug-likeness (QED) is 0.656. The maximum atomic E-state index is 13.1. The van der Waals surface area contributed by atoms with Gasteiger partial charge in [0.25, 0.3) is 12.5 Å². The zero-order valence-electron chi connectivity index (χ0n) is 14.1. The fraction of sp³-hybridized carbons (Fsp3) is 0.562. The maximum Gasteiger partial charge on any atom is 0.259 e. The molecule has 2 aliphatic rings. The number of carbonyl (C=O) groups excluding carboxylic acids is 2. The van der Waals surface area contributed by atoms with Crippen molar-refractivity contribution in [3.63, 3.8) is 0 Å². The van der Waals surface area contributed by atoms with E-state index in [0.717, 1.165) is 5.56 Å². The van der Waals surface area contributed by atoms with Crippen molar-refractivity contribution in [2.45, 2.75) is 45.3 Å². The molecule has 0 aliphatic carbocycles. The first kappa shape index (κ1) is 16.4. The van der Waals surface area contributed by atoms with Gasteiger partial charge in [-0.2, -0.15) is 0 Å². The molecule has 0 radical (unpaired) electrons. The zero-order valence-corrected chi connectivity index (χ0v) is 14.1. The Labute approximate surface area is 139 Å². The van der Waals surface area contributed by atoms with E-state index in [0.29, 0.717) is 12.0 Å². The first-order valence-corrected chi connectivity index (χ1v) is 7.97. The second-order valence-electron chi connectivity index (χ2n) is 6.84. The van der Waals surface area contributed by atoms with Crippen molar-refractivity contribution in [3.8, 4) is 0 Å². The Kier molecular flexibility index (Phi) is 3.40. The van der Waals surface area contributed by atoms with E-state index in [1.54, 1.807) is 19.2 Å². The van der Waals surface area contributed by atoms with E-state index in [2.05, 4.69) is 10.3 Å². The summed E-state index contributed by atoms with van der Waals surface area (Å²) in [5.41, 5.74) is -1.21. The highest BCUT2D eigenvalue weighted by atomic mass is 16.6. The van der Waals surface area contributed by atoms with Gasteiger partial charge in [-0.3, -0.25) is 29.6 Å². The molecule has 2 aliphatic heterocycles. The number of nitrogens with zero attached hydrogens (tertiary/aromatic N) is 3. The van der Waals surface area contributed by atoms with Crippen molar-refractivity contribution in [1.82, 2.24) is 15.2 Å². The number of aryl methyl sites for hydroxylation is 1. The Morgan fingerprint density at radius 2 is 2.08 bits per heavy atom. The van der Waals surface area contributed by atoms with Crippen LogP contribution >= 0.6 is 0 Å². The molecule has 1 saturated heterocycles. The van der Waals surface area contributed by atoms with Gasteiger partial charge in [0, 0.05) is 11.1 Å². The minimum Gasteiger partial charge on any atom is -0.320 e. The van der Waals surface area contributed by atoms with E-state index in [1.165, 1.54) is 4.90 Å². The van der Waals surface area contributed by atoms with Crippen LogP contribution in [0.4, 0.5) is 0 Å². The minimum absolute atomic E-state index is 0.213. The Hall–Kier alpha value is -2.51. The van der Waals surface area contributed by atoms with E-state index in [1.807, 2.05) is 20.8 Å². The zero-order chi connectivity index (χ0) is 17.9. The first-order valence-electron chi connectivity index (χ1n) is 7.97. The second-order valence-corrected chi connectivity index (χ2v) is 6.84. The van der Waals surface area contributed by atoms with Gasteiger partial charge in [0.05, 0.1) is 5.56 Å². The third-order valence-corrected chi connectivity index (χ3v) is 5.29. The highest BCUT2D eigenvalue weighted by Gasteiger charge is 2.69. The average molecular weight is 332 g/mol. The van der Waals surface area contributed by atoms with Crippen LogP contribution in [-0.2, 0) is 16.9 Å². The molecule has 1 aromatic rings. The molecule has 3 heterocycles. The van der Waals surface area contributed by atoms with Gasteiger partial charge in [-0.25, -0.2) is 0 Å². The number of hydrogen-bond donors (Lipinski definition) is 1. The lowest BCUT2D eigenvalue weighted by Gasteiger charge is -2.38. The fourth-order valence-electron chi connectivity index (χ4n) is 3.62. The van der Waals surface area contributed by atoms with Gasteiger partial charge < -0.3 is 5.32 Å². The summed E-state index contributed by atoms with van der Waals surface area (Å²) < 4.78 is 0. The lowest BCUT2D eigenvalue weighted by Crippen LogP contribution is -2.57.